The molecule has 1 amide bonds. The van der Waals surface area contributed by atoms with Gasteiger partial charge in [0.05, 0.1) is 6.54 Å². The number of amides is 1. The molecule has 1 aliphatic heterocycles. The highest BCUT2D eigenvalue weighted by Crippen LogP contribution is 2.23. The summed E-state index contributed by atoms with van der Waals surface area (Å²) in [6.07, 6.45) is 2.04. The molecule has 19 heavy (non-hydrogen) atoms. The summed E-state index contributed by atoms with van der Waals surface area (Å²) in [5.41, 5.74) is 2.06. The van der Waals surface area contributed by atoms with Crippen LogP contribution in [0.5, 0.6) is 0 Å². The zero-order chi connectivity index (χ0) is 13.2. The van der Waals surface area contributed by atoms with Crippen molar-refractivity contribution in [2.24, 2.45) is 0 Å². The Kier molecular flexibility index (Phi) is 3.38. The molecule has 0 bridgehead atoms. The van der Waals surface area contributed by atoms with E-state index in [-0.39, 0.29) is 5.91 Å². The van der Waals surface area contributed by atoms with Gasteiger partial charge in [-0.1, -0.05) is 25.1 Å². The second kappa shape index (κ2) is 5.17. The lowest BCUT2D eigenvalue weighted by Gasteiger charge is -2.28. The molecule has 0 atom stereocenters. The molecule has 0 spiro atoms. The van der Waals surface area contributed by atoms with Crippen molar-refractivity contribution in [1.29, 1.82) is 0 Å². The van der Waals surface area contributed by atoms with Crippen LogP contribution >= 0.6 is 11.3 Å². The first kappa shape index (κ1) is 12.4. The van der Waals surface area contributed by atoms with Gasteiger partial charge in [0.25, 0.3) is 5.91 Å². The van der Waals surface area contributed by atoms with Crippen molar-refractivity contribution in [3.8, 4) is 0 Å². The molecule has 2 aromatic rings. The Morgan fingerprint density at radius 1 is 1.16 bits per heavy atom. The number of aryl methyl sites for hydroxylation is 1. The minimum atomic E-state index is 0.174. The van der Waals surface area contributed by atoms with Crippen molar-refractivity contribution >= 4 is 17.2 Å². The summed E-state index contributed by atoms with van der Waals surface area (Å²) in [6.45, 7) is 3.74. The first-order chi connectivity index (χ1) is 9.28. The van der Waals surface area contributed by atoms with Gasteiger partial charge in [-0.2, -0.15) is 0 Å². The minimum Gasteiger partial charge on any atom is -0.333 e. The summed E-state index contributed by atoms with van der Waals surface area (Å²) in [4.78, 5) is 17.1. The largest absolute Gasteiger partial charge is 0.333 e. The molecule has 3 rings (SSSR count). The summed E-state index contributed by atoms with van der Waals surface area (Å²) in [7, 11) is 0. The van der Waals surface area contributed by atoms with Gasteiger partial charge in [0, 0.05) is 21.9 Å². The Morgan fingerprint density at radius 2 is 1.95 bits per heavy atom. The Morgan fingerprint density at radius 3 is 2.74 bits per heavy atom. The Hall–Kier alpha value is -1.61. The van der Waals surface area contributed by atoms with E-state index in [0.29, 0.717) is 0 Å². The van der Waals surface area contributed by atoms with Crippen LogP contribution in [-0.4, -0.2) is 17.4 Å². The highest BCUT2D eigenvalue weighted by Gasteiger charge is 2.23. The monoisotopic (exact) mass is 271 g/mol. The summed E-state index contributed by atoms with van der Waals surface area (Å²) in [5, 5.41) is 0. The van der Waals surface area contributed by atoms with E-state index in [9.17, 15) is 4.79 Å². The molecule has 98 valence electrons. The molecular weight excluding hydrogens is 254 g/mol. The highest BCUT2D eigenvalue weighted by atomic mass is 32.1. The molecule has 0 fully saturated rings. The van der Waals surface area contributed by atoms with Crippen molar-refractivity contribution in [3.05, 3.63) is 57.3 Å². The molecule has 0 unspecified atom stereocenters. The zero-order valence-corrected chi connectivity index (χ0v) is 11.9. The van der Waals surface area contributed by atoms with Crippen LogP contribution in [0.15, 0.2) is 36.4 Å². The van der Waals surface area contributed by atoms with E-state index in [1.165, 1.54) is 15.3 Å². The van der Waals surface area contributed by atoms with Gasteiger partial charge in [-0.3, -0.25) is 4.79 Å². The summed E-state index contributed by atoms with van der Waals surface area (Å²) >= 11 is 1.82. The first-order valence-electron chi connectivity index (χ1n) is 6.72. The van der Waals surface area contributed by atoms with Gasteiger partial charge in [-0.25, -0.2) is 0 Å². The fourth-order valence-electron chi connectivity index (χ4n) is 2.51. The number of rotatable bonds is 3. The molecule has 1 aromatic heterocycles. The number of thiophene rings is 1. The molecule has 0 radical (unpaired) electrons. The zero-order valence-electron chi connectivity index (χ0n) is 11.1. The quantitative estimate of drug-likeness (QED) is 0.836. The molecule has 0 saturated heterocycles. The Labute approximate surface area is 117 Å². The lowest BCUT2D eigenvalue weighted by atomic mass is 9.99. The van der Waals surface area contributed by atoms with E-state index < -0.39 is 0 Å². The van der Waals surface area contributed by atoms with E-state index in [0.717, 1.165) is 31.5 Å². The van der Waals surface area contributed by atoms with Crippen LogP contribution in [-0.2, 0) is 19.4 Å². The van der Waals surface area contributed by atoms with Gasteiger partial charge < -0.3 is 4.90 Å². The van der Waals surface area contributed by atoms with Crippen LogP contribution in [0.1, 0.15) is 32.6 Å². The molecule has 0 aliphatic carbocycles. The third-order valence-corrected chi connectivity index (χ3v) is 4.81. The smallest absolute Gasteiger partial charge is 0.254 e. The number of hydrogen-bond acceptors (Lipinski definition) is 2. The summed E-state index contributed by atoms with van der Waals surface area (Å²) in [5.74, 6) is 0.174. The SMILES string of the molecule is CCc1ccc(CN2CCc3ccccc3C2=O)s1. The van der Waals surface area contributed by atoms with Gasteiger partial charge in [0.2, 0.25) is 0 Å². The number of carbonyl (C=O) groups excluding carboxylic acids is 1. The molecule has 1 aromatic carbocycles. The van der Waals surface area contributed by atoms with E-state index in [1.807, 2.05) is 34.4 Å². The van der Waals surface area contributed by atoms with Crippen LogP contribution in [0, 0.1) is 0 Å². The molecule has 2 nitrogen and oxygen atoms in total. The number of fused-ring (bicyclic) bond motifs is 1. The van der Waals surface area contributed by atoms with Crippen molar-refractivity contribution in [1.82, 2.24) is 4.90 Å². The van der Waals surface area contributed by atoms with Crippen molar-refractivity contribution in [2.45, 2.75) is 26.3 Å². The van der Waals surface area contributed by atoms with Crippen molar-refractivity contribution in [3.63, 3.8) is 0 Å². The lowest BCUT2D eigenvalue weighted by Crippen LogP contribution is -2.36. The van der Waals surface area contributed by atoms with Crippen molar-refractivity contribution < 1.29 is 4.79 Å². The topological polar surface area (TPSA) is 20.3 Å². The first-order valence-corrected chi connectivity index (χ1v) is 7.54. The third kappa shape index (κ3) is 2.43. The average Bonchev–Trinajstić information content (AvgIpc) is 2.90. The lowest BCUT2D eigenvalue weighted by molar-refractivity contribution is 0.0729. The van der Waals surface area contributed by atoms with Gasteiger partial charge in [0.15, 0.2) is 0 Å². The van der Waals surface area contributed by atoms with E-state index in [1.54, 1.807) is 0 Å². The second-order valence-corrected chi connectivity index (χ2v) is 6.11. The second-order valence-electron chi connectivity index (χ2n) is 4.86. The van der Waals surface area contributed by atoms with Crippen molar-refractivity contribution in [2.75, 3.05) is 6.54 Å². The van der Waals surface area contributed by atoms with E-state index in [4.69, 9.17) is 0 Å². The Bertz CT molecular complexity index is 602. The van der Waals surface area contributed by atoms with Crippen LogP contribution in [0.3, 0.4) is 0 Å². The number of carbonyl (C=O) groups is 1. The van der Waals surface area contributed by atoms with Gasteiger partial charge in [-0.15, -0.1) is 11.3 Å². The van der Waals surface area contributed by atoms with Crippen LogP contribution in [0.25, 0.3) is 0 Å². The van der Waals surface area contributed by atoms with Crippen LogP contribution < -0.4 is 0 Å². The van der Waals surface area contributed by atoms with E-state index in [2.05, 4.69) is 25.1 Å². The fourth-order valence-corrected chi connectivity index (χ4v) is 3.48. The Balaban J connectivity index is 1.79. The number of nitrogens with zero attached hydrogens (tertiary/aromatic N) is 1. The maximum Gasteiger partial charge on any atom is 0.254 e. The predicted octanol–water partition coefficient (Wildman–Crippen LogP) is 3.51. The maximum atomic E-state index is 12.4. The molecule has 3 heteroatoms. The predicted molar refractivity (Wildman–Crippen MR) is 78.6 cm³/mol. The van der Waals surface area contributed by atoms with Gasteiger partial charge in [-0.05, 0) is 36.6 Å². The van der Waals surface area contributed by atoms with E-state index >= 15 is 0 Å². The van der Waals surface area contributed by atoms with Gasteiger partial charge >= 0.3 is 0 Å². The molecule has 0 N–H and O–H groups in total. The number of hydrogen-bond donors (Lipinski definition) is 0. The fraction of sp³-hybridized carbons (Fsp3) is 0.312. The third-order valence-electron chi connectivity index (χ3n) is 3.60. The molecule has 2 heterocycles. The van der Waals surface area contributed by atoms with Crippen LogP contribution in [0.4, 0.5) is 0 Å². The highest BCUT2D eigenvalue weighted by molar-refractivity contribution is 7.11. The maximum absolute atomic E-state index is 12.4. The average molecular weight is 271 g/mol. The van der Waals surface area contributed by atoms with Gasteiger partial charge in [0.1, 0.15) is 0 Å². The summed E-state index contributed by atoms with van der Waals surface area (Å²) in [6, 6.07) is 12.3. The molecule has 0 saturated carbocycles. The summed E-state index contributed by atoms with van der Waals surface area (Å²) < 4.78 is 0. The minimum absolute atomic E-state index is 0.174. The molecular formula is C16H17NOS. The standard InChI is InChI=1S/C16H17NOS/c1-2-13-7-8-14(19-13)11-17-10-9-12-5-3-4-6-15(12)16(17)18/h3-8H,2,9-11H2,1H3. The van der Waals surface area contributed by atoms with Crippen LogP contribution in [0.2, 0.25) is 0 Å². The number of benzene rings is 1. The normalized spacial score (nSPS) is 14.6. The molecule has 1 aliphatic rings.